The highest BCUT2D eigenvalue weighted by Crippen LogP contribution is 2.42. The molecule has 1 heterocycles. The van der Waals surface area contributed by atoms with Crippen LogP contribution in [0.3, 0.4) is 0 Å². The number of carbonyl (C=O) groups is 2. The minimum absolute atomic E-state index is 0.0793. The van der Waals surface area contributed by atoms with Gasteiger partial charge in [0.25, 0.3) is 5.91 Å². The van der Waals surface area contributed by atoms with Crippen molar-refractivity contribution < 1.29 is 47.9 Å². The lowest BCUT2D eigenvalue weighted by atomic mass is 9.74. The molecule has 14 nitrogen and oxygen atoms in total. The van der Waals surface area contributed by atoms with Crippen LogP contribution < -0.4 is 26.5 Å². The third kappa shape index (κ3) is 14.4. The van der Waals surface area contributed by atoms with Gasteiger partial charge in [0.2, 0.25) is 5.91 Å². The van der Waals surface area contributed by atoms with Gasteiger partial charge in [-0.3, -0.25) is 14.4 Å². The minimum Gasteiger partial charge on any atom is -0.457 e. The Morgan fingerprint density at radius 2 is 1.48 bits per heavy atom. The topological polar surface area (TPSA) is 201 Å². The summed E-state index contributed by atoms with van der Waals surface area (Å²) in [4.78, 5) is 38.2. The van der Waals surface area contributed by atoms with Gasteiger partial charge < -0.3 is 54.7 Å². The molecule has 61 heavy (non-hydrogen) atoms. The standard InChI is InChI=1S/C44H53N3O11.C3H8/c1-44(2,3)42(36(50)25-48)39(53-4)26-56-27-40(51)46-17-19-54-21-22-55-20-18-47-43(52)33-8-6-5-7-32(33)41-34-15-11-29(49)23-37(34)58-38-24-31(14-16-35(38)41)57-30-12-9-28(45)10-13-30;1-3-2/h5-16,23-24,36,39,42,48,50H,17-22,25-27,45H2,1-4H3,(H,46,51)(H,47,52);3H2,1-2H3/t36-,39?,42?;/m1./s1. The normalized spacial score (nSPS) is 12.9. The van der Waals surface area contributed by atoms with Crippen LogP contribution in [0.15, 0.2) is 94.1 Å². The molecular formula is C47H61N3O11. The van der Waals surface area contributed by atoms with Crippen LogP contribution in [0.1, 0.15) is 51.4 Å². The number of anilines is 1. The first-order chi connectivity index (χ1) is 29.3. The summed E-state index contributed by atoms with van der Waals surface area (Å²) in [6, 6.07) is 24.3. The Morgan fingerprint density at radius 1 is 0.820 bits per heavy atom. The highest BCUT2D eigenvalue weighted by molar-refractivity contribution is 6.09. The monoisotopic (exact) mass is 843 g/mol. The Bertz CT molecular complexity index is 2150. The number of nitrogens with one attached hydrogen (secondary N) is 2. The maximum Gasteiger partial charge on any atom is 0.251 e. The van der Waals surface area contributed by atoms with Gasteiger partial charge in [-0.05, 0) is 65.6 Å². The second kappa shape index (κ2) is 24.2. The number of methoxy groups -OCH3 is 1. The molecular weight excluding hydrogens is 783 g/mol. The fourth-order valence-corrected chi connectivity index (χ4v) is 6.83. The van der Waals surface area contributed by atoms with Crippen LogP contribution in [0.4, 0.5) is 5.69 Å². The molecule has 2 unspecified atom stereocenters. The number of nitrogen functional groups attached to an aromatic ring is 1. The molecule has 0 radical (unpaired) electrons. The van der Waals surface area contributed by atoms with Crippen molar-refractivity contribution in [2.24, 2.45) is 11.3 Å². The molecule has 0 aromatic heterocycles. The van der Waals surface area contributed by atoms with Gasteiger partial charge in [0.15, 0.2) is 5.43 Å². The molecule has 0 bridgehead atoms. The van der Waals surface area contributed by atoms with Crippen LogP contribution in [0.5, 0.6) is 11.5 Å². The van der Waals surface area contributed by atoms with Crippen LogP contribution in [-0.4, -0.2) is 101 Å². The summed E-state index contributed by atoms with van der Waals surface area (Å²) >= 11 is 0. The van der Waals surface area contributed by atoms with Crippen LogP contribution in [0.25, 0.3) is 33.4 Å². The Hall–Kier alpha value is -5.35. The fraction of sp³-hybridized carbons (Fsp3) is 0.426. The maximum absolute atomic E-state index is 13.6. The van der Waals surface area contributed by atoms with Crippen LogP contribution in [-0.2, 0) is 23.7 Å². The number of amides is 2. The molecule has 2 aliphatic rings. The first kappa shape index (κ1) is 48.3. The SMILES string of the molecule is CCC.COC(COCC(=O)NCCOCCOCCNC(=O)c1ccccc1-c1c2ccc(=O)cc-2oc2cc(Oc3ccc(N)cc3)ccc12)C([C@H](O)CO)C(C)(C)C. The summed E-state index contributed by atoms with van der Waals surface area (Å²) in [6.07, 6.45) is -0.246. The largest absolute Gasteiger partial charge is 0.457 e. The number of hydrogen-bond acceptors (Lipinski definition) is 12. The Balaban J connectivity index is 0.00000265. The number of rotatable bonds is 21. The number of aliphatic hydroxyl groups excluding tert-OH is 2. The first-order valence-electron chi connectivity index (χ1n) is 20.5. The Labute approximate surface area is 357 Å². The van der Waals surface area contributed by atoms with Crippen molar-refractivity contribution >= 4 is 28.5 Å². The smallest absolute Gasteiger partial charge is 0.251 e. The van der Waals surface area contributed by atoms with Gasteiger partial charge in [-0.25, -0.2) is 0 Å². The van der Waals surface area contributed by atoms with Gasteiger partial charge in [0, 0.05) is 66.0 Å². The first-order valence-corrected chi connectivity index (χ1v) is 20.5. The van der Waals surface area contributed by atoms with Crippen molar-refractivity contribution in [2.45, 2.75) is 53.2 Å². The van der Waals surface area contributed by atoms with Crippen molar-refractivity contribution in [3.05, 3.63) is 101 Å². The molecule has 0 saturated heterocycles. The van der Waals surface area contributed by atoms with Crippen molar-refractivity contribution in [1.82, 2.24) is 10.6 Å². The lowest BCUT2D eigenvalue weighted by Gasteiger charge is -2.38. The molecule has 1 aliphatic carbocycles. The average Bonchev–Trinajstić information content (AvgIpc) is 3.23. The molecule has 3 aromatic rings. The second-order valence-corrected chi connectivity index (χ2v) is 15.5. The second-order valence-electron chi connectivity index (χ2n) is 15.5. The van der Waals surface area contributed by atoms with E-state index >= 15 is 0 Å². The Kier molecular flexibility index (Phi) is 19.2. The maximum atomic E-state index is 13.6. The van der Waals surface area contributed by atoms with E-state index in [0.29, 0.717) is 45.2 Å². The van der Waals surface area contributed by atoms with Crippen molar-refractivity contribution in [3.63, 3.8) is 0 Å². The zero-order valence-corrected chi connectivity index (χ0v) is 36.0. The summed E-state index contributed by atoms with van der Waals surface area (Å²) in [5.74, 6) is 0.477. The molecule has 0 saturated carbocycles. The van der Waals surface area contributed by atoms with Crippen LogP contribution >= 0.6 is 0 Å². The van der Waals surface area contributed by atoms with E-state index in [0.717, 1.165) is 10.9 Å². The lowest BCUT2D eigenvalue weighted by molar-refractivity contribution is -0.132. The van der Waals surface area contributed by atoms with E-state index in [1.807, 2.05) is 45.0 Å². The summed E-state index contributed by atoms with van der Waals surface area (Å²) in [7, 11) is 1.50. The van der Waals surface area contributed by atoms with Crippen LogP contribution in [0, 0.1) is 11.3 Å². The van der Waals surface area contributed by atoms with Gasteiger partial charge in [-0.2, -0.15) is 0 Å². The quantitative estimate of drug-likeness (QED) is 0.0315. The highest BCUT2D eigenvalue weighted by atomic mass is 16.5. The molecule has 14 heteroatoms. The van der Waals surface area contributed by atoms with Crippen molar-refractivity contribution in [3.8, 4) is 33.9 Å². The van der Waals surface area contributed by atoms with E-state index < -0.39 is 24.7 Å². The summed E-state index contributed by atoms with van der Waals surface area (Å²) in [5.41, 5.74) is 8.85. The van der Waals surface area contributed by atoms with Crippen molar-refractivity contribution in [2.75, 3.05) is 72.2 Å². The fourth-order valence-electron chi connectivity index (χ4n) is 6.83. The molecule has 330 valence electrons. The van der Waals surface area contributed by atoms with E-state index in [1.54, 1.807) is 48.5 Å². The third-order valence-corrected chi connectivity index (χ3v) is 9.51. The molecule has 3 atom stereocenters. The van der Waals surface area contributed by atoms with E-state index in [4.69, 9.17) is 33.8 Å². The van der Waals surface area contributed by atoms with E-state index in [2.05, 4.69) is 24.5 Å². The van der Waals surface area contributed by atoms with E-state index in [9.17, 15) is 24.6 Å². The zero-order chi connectivity index (χ0) is 44.4. The zero-order valence-electron chi connectivity index (χ0n) is 36.0. The lowest BCUT2D eigenvalue weighted by Crippen LogP contribution is -2.46. The van der Waals surface area contributed by atoms with Gasteiger partial charge in [0.05, 0.1) is 51.8 Å². The predicted molar refractivity (Wildman–Crippen MR) is 236 cm³/mol. The molecule has 3 aromatic carbocycles. The van der Waals surface area contributed by atoms with E-state index in [-0.39, 0.29) is 75.4 Å². The molecule has 0 spiro atoms. The number of nitrogens with two attached hydrogens (primary N) is 1. The van der Waals surface area contributed by atoms with Crippen molar-refractivity contribution in [1.29, 1.82) is 0 Å². The van der Waals surface area contributed by atoms with E-state index in [1.165, 1.54) is 25.7 Å². The average molecular weight is 844 g/mol. The van der Waals surface area contributed by atoms with Gasteiger partial charge in [0.1, 0.15) is 29.4 Å². The summed E-state index contributed by atoms with van der Waals surface area (Å²) in [5, 5.41) is 26.2. The molecule has 1 aliphatic heterocycles. The number of hydrogen-bond donors (Lipinski definition) is 5. The molecule has 6 N–H and O–H groups in total. The highest BCUT2D eigenvalue weighted by Gasteiger charge is 2.38. The van der Waals surface area contributed by atoms with Gasteiger partial charge in [-0.15, -0.1) is 0 Å². The van der Waals surface area contributed by atoms with Crippen LogP contribution in [0.2, 0.25) is 0 Å². The van der Waals surface area contributed by atoms with Gasteiger partial charge >= 0.3 is 0 Å². The third-order valence-electron chi connectivity index (χ3n) is 9.51. The number of ether oxygens (including phenoxy) is 5. The van der Waals surface area contributed by atoms with Gasteiger partial charge in [-0.1, -0.05) is 59.2 Å². The molecule has 2 amide bonds. The predicted octanol–water partition coefficient (Wildman–Crippen LogP) is 6.28. The number of fused-ring (bicyclic) bond motifs is 2. The molecule has 5 rings (SSSR count). The summed E-state index contributed by atoms with van der Waals surface area (Å²) in [6.45, 7) is 11.2. The molecule has 0 fully saturated rings. The number of carbonyl (C=O) groups excluding carboxylic acids is 2. The number of aliphatic hydroxyl groups is 2. The Morgan fingerprint density at radius 3 is 2.13 bits per heavy atom. The minimum atomic E-state index is -0.985. The summed E-state index contributed by atoms with van der Waals surface area (Å²) < 4.78 is 34.5. The number of benzene rings is 4.